The fraction of sp³-hybridized carbons (Fsp3) is 0.211. The Kier molecular flexibility index (Phi) is 5.79. The minimum atomic E-state index is 0. The summed E-state index contributed by atoms with van der Waals surface area (Å²) in [6.45, 7) is 5.24. The summed E-state index contributed by atoms with van der Waals surface area (Å²) in [6.07, 6.45) is 2.17. The third-order valence-electron chi connectivity index (χ3n) is 3.90. The number of fused-ring (bicyclic) bond motifs is 1. The van der Waals surface area contributed by atoms with Gasteiger partial charge in [0.2, 0.25) is 5.52 Å². The lowest BCUT2D eigenvalue weighted by atomic mass is 10.2. The molecule has 0 saturated heterocycles. The van der Waals surface area contributed by atoms with Gasteiger partial charge in [-0.3, -0.25) is 0 Å². The molecule has 2 aromatic carbocycles. The average Bonchev–Trinajstić information content (AvgIpc) is 2.56. The van der Waals surface area contributed by atoms with Crippen molar-refractivity contribution in [1.82, 2.24) is 0 Å². The van der Waals surface area contributed by atoms with Crippen LogP contribution in [0.5, 0.6) is 0 Å². The highest BCUT2D eigenvalue weighted by atomic mass is 35.5. The van der Waals surface area contributed by atoms with E-state index >= 15 is 0 Å². The zero-order valence-electron chi connectivity index (χ0n) is 12.8. The molecule has 1 aromatic heterocycles. The number of hydrogen-bond donors (Lipinski definition) is 0. The molecule has 0 spiro atoms. The summed E-state index contributed by atoms with van der Waals surface area (Å²) >= 11 is 0. The predicted molar refractivity (Wildman–Crippen MR) is 88.5 cm³/mol. The van der Waals surface area contributed by atoms with Crippen molar-refractivity contribution >= 4 is 16.6 Å². The van der Waals surface area contributed by atoms with Crippen molar-refractivity contribution in [3.8, 4) is 0 Å². The van der Waals surface area contributed by atoms with Crippen LogP contribution in [0.3, 0.4) is 0 Å². The summed E-state index contributed by atoms with van der Waals surface area (Å²) in [7, 11) is 0. The van der Waals surface area contributed by atoms with E-state index in [2.05, 4.69) is 89.3 Å². The van der Waals surface area contributed by atoms with Crippen molar-refractivity contribution in [1.29, 1.82) is 0 Å². The van der Waals surface area contributed by atoms with Crippen molar-refractivity contribution in [2.45, 2.75) is 13.5 Å². The van der Waals surface area contributed by atoms with E-state index in [1.807, 2.05) is 0 Å². The van der Waals surface area contributed by atoms with Gasteiger partial charge in [-0.1, -0.05) is 30.3 Å². The van der Waals surface area contributed by atoms with Crippen LogP contribution in [0.4, 0.5) is 5.69 Å². The normalized spacial score (nSPS) is 10.2. The summed E-state index contributed by atoms with van der Waals surface area (Å²) in [5, 5.41) is 1.29. The summed E-state index contributed by atoms with van der Waals surface area (Å²) in [5.74, 6) is 0. The van der Waals surface area contributed by atoms with E-state index in [0.29, 0.717) is 0 Å². The first-order valence-corrected chi connectivity index (χ1v) is 7.55. The van der Waals surface area contributed by atoms with Gasteiger partial charge in [0.05, 0.1) is 6.54 Å². The van der Waals surface area contributed by atoms with Gasteiger partial charge in [0.25, 0.3) is 0 Å². The maximum atomic E-state index is 2.41. The molecular weight excluding hydrogens is 292 g/mol. The number of anilines is 1. The van der Waals surface area contributed by atoms with Crippen LogP contribution in [-0.2, 0) is 6.54 Å². The van der Waals surface area contributed by atoms with Gasteiger partial charge in [0.15, 0.2) is 12.7 Å². The van der Waals surface area contributed by atoms with Gasteiger partial charge in [-0.2, -0.15) is 4.57 Å². The highest BCUT2D eigenvalue weighted by Gasteiger charge is 2.10. The topological polar surface area (TPSA) is 7.12 Å². The van der Waals surface area contributed by atoms with Crippen molar-refractivity contribution < 1.29 is 17.0 Å². The van der Waals surface area contributed by atoms with E-state index in [4.69, 9.17) is 0 Å². The van der Waals surface area contributed by atoms with Crippen molar-refractivity contribution in [3.05, 3.63) is 72.9 Å². The molecule has 1 heterocycles. The van der Waals surface area contributed by atoms with E-state index in [1.54, 1.807) is 0 Å². The van der Waals surface area contributed by atoms with Crippen LogP contribution in [0, 0.1) is 0 Å². The molecule has 0 saturated carbocycles. The van der Waals surface area contributed by atoms with Crippen LogP contribution < -0.4 is 21.9 Å². The molecule has 0 aliphatic rings. The van der Waals surface area contributed by atoms with Gasteiger partial charge in [-0.15, -0.1) is 0 Å². The van der Waals surface area contributed by atoms with E-state index in [1.165, 1.54) is 16.6 Å². The maximum Gasteiger partial charge on any atom is 0.212 e. The monoisotopic (exact) mass is 312 g/mol. The molecule has 22 heavy (non-hydrogen) atoms. The summed E-state index contributed by atoms with van der Waals surface area (Å²) < 4.78 is 2.33. The molecule has 3 aromatic rings. The fourth-order valence-corrected chi connectivity index (χ4v) is 2.75. The fourth-order valence-electron chi connectivity index (χ4n) is 2.75. The first kappa shape index (κ1) is 16.3. The lowest BCUT2D eigenvalue weighted by Gasteiger charge is -2.21. The van der Waals surface area contributed by atoms with E-state index in [-0.39, 0.29) is 12.4 Å². The Morgan fingerprint density at radius 1 is 0.864 bits per heavy atom. The first-order chi connectivity index (χ1) is 10.4. The van der Waals surface area contributed by atoms with Crippen LogP contribution in [0.25, 0.3) is 10.9 Å². The van der Waals surface area contributed by atoms with Crippen molar-refractivity contribution in [2.75, 3.05) is 18.0 Å². The third kappa shape index (κ3) is 3.58. The van der Waals surface area contributed by atoms with Crippen molar-refractivity contribution in [2.24, 2.45) is 0 Å². The molecule has 0 bridgehead atoms. The van der Waals surface area contributed by atoms with Crippen LogP contribution in [-0.4, -0.2) is 13.1 Å². The molecule has 0 aliphatic carbocycles. The molecule has 0 fully saturated rings. The summed E-state index contributed by atoms with van der Waals surface area (Å²) in [6, 6.07) is 23.5. The number of hydrogen-bond acceptors (Lipinski definition) is 1. The van der Waals surface area contributed by atoms with Crippen LogP contribution >= 0.6 is 0 Å². The first-order valence-electron chi connectivity index (χ1n) is 7.55. The Morgan fingerprint density at radius 3 is 2.32 bits per heavy atom. The Morgan fingerprint density at radius 2 is 1.55 bits per heavy atom. The standard InChI is InChI=1S/C19H21N2.ClH/c1-2-20(18-11-4-3-5-12-18)15-16-21-14-8-10-17-9-6-7-13-19(17)21;/h3-14H,2,15-16H2,1H3;1H/q+1;/p-1. The number of rotatable bonds is 5. The molecular formula is C19H21ClN2. The third-order valence-corrected chi connectivity index (χ3v) is 3.90. The molecule has 3 rings (SSSR count). The molecule has 0 unspecified atom stereocenters. The van der Waals surface area contributed by atoms with Gasteiger partial charge in [-0.25, -0.2) is 0 Å². The molecule has 114 valence electrons. The lowest BCUT2D eigenvalue weighted by molar-refractivity contribution is -0.668. The number of halogens is 1. The Balaban J connectivity index is 0.00000176. The molecule has 0 aliphatic heterocycles. The number of pyridine rings is 1. The SMILES string of the molecule is CCN(CC[n+]1cccc2ccccc21)c1ccccc1.[Cl-]. The Hall–Kier alpha value is -2.06. The predicted octanol–water partition coefficient (Wildman–Crippen LogP) is 0.658. The zero-order chi connectivity index (χ0) is 14.5. The summed E-state index contributed by atoms with van der Waals surface area (Å²) in [5.41, 5.74) is 2.59. The van der Waals surface area contributed by atoms with Gasteiger partial charge in [0.1, 0.15) is 0 Å². The molecule has 2 nitrogen and oxygen atoms in total. The molecule has 0 amide bonds. The van der Waals surface area contributed by atoms with E-state index in [0.717, 1.165) is 19.6 Å². The second-order valence-corrected chi connectivity index (χ2v) is 5.18. The van der Waals surface area contributed by atoms with Crippen LogP contribution in [0.1, 0.15) is 6.92 Å². The van der Waals surface area contributed by atoms with Gasteiger partial charge in [-0.05, 0) is 31.2 Å². The zero-order valence-corrected chi connectivity index (χ0v) is 13.6. The van der Waals surface area contributed by atoms with Gasteiger partial charge >= 0.3 is 0 Å². The highest BCUT2D eigenvalue weighted by Crippen LogP contribution is 2.13. The average molecular weight is 313 g/mol. The Bertz CT molecular complexity index is 707. The van der Waals surface area contributed by atoms with Gasteiger partial charge in [0, 0.05) is 29.8 Å². The number of likely N-dealkylation sites (N-methyl/N-ethyl adjacent to an activating group) is 1. The van der Waals surface area contributed by atoms with Crippen LogP contribution in [0.2, 0.25) is 0 Å². The molecule has 0 radical (unpaired) electrons. The molecule has 0 atom stereocenters. The second kappa shape index (κ2) is 7.81. The maximum absolute atomic E-state index is 2.41. The van der Waals surface area contributed by atoms with Crippen molar-refractivity contribution in [3.63, 3.8) is 0 Å². The largest absolute Gasteiger partial charge is 1.00 e. The number of benzene rings is 2. The molecule has 3 heteroatoms. The smallest absolute Gasteiger partial charge is 0.212 e. The minimum absolute atomic E-state index is 0. The number of nitrogens with zero attached hydrogens (tertiary/aromatic N) is 2. The summed E-state index contributed by atoms with van der Waals surface area (Å²) in [4.78, 5) is 2.41. The molecule has 0 N–H and O–H groups in total. The quantitative estimate of drug-likeness (QED) is 0.628. The second-order valence-electron chi connectivity index (χ2n) is 5.18. The number of para-hydroxylation sites is 2. The van der Waals surface area contributed by atoms with E-state index in [9.17, 15) is 0 Å². The lowest BCUT2D eigenvalue weighted by Crippen LogP contribution is -3.00. The van der Waals surface area contributed by atoms with Gasteiger partial charge < -0.3 is 17.3 Å². The highest BCUT2D eigenvalue weighted by molar-refractivity contribution is 5.74. The van der Waals surface area contributed by atoms with Crippen LogP contribution in [0.15, 0.2) is 72.9 Å². The van der Waals surface area contributed by atoms with E-state index < -0.39 is 0 Å². The Labute approximate surface area is 138 Å². The minimum Gasteiger partial charge on any atom is -1.00 e. The number of aromatic nitrogens is 1.